The average Bonchev–Trinajstić information content (AvgIpc) is 3.07. The lowest BCUT2D eigenvalue weighted by atomic mass is 9.61. The molecule has 2 aromatic rings. The number of aromatic nitrogens is 3. The predicted octanol–water partition coefficient (Wildman–Crippen LogP) is 4.18. The molecule has 1 N–H and O–H groups in total. The lowest BCUT2D eigenvalue weighted by Gasteiger charge is -2.47. The van der Waals surface area contributed by atoms with Crippen LogP contribution < -0.4 is 5.32 Å². The molecule has 0 aliphatic heterocycles. The van der Waals surface area contributed by atoms with Crippen LogP contribution in [0, 0.1) is 17.8 Å². The first-order chi connectivity index (χ1) is 13.3. The molecule has 2 aromatic heterocycles. The zero-order chi connectivity index (χ0) is 20.1. The van der Waals surface area contributed by atoms with Gasteiger partial charge in [0.25, 0.3) is 0 Å². The summed E-state index contributed by atoms with van der Waals surface area (Å²) in [5, 5.41) is 6.63. The fourth-order valence-electron chi connectivity index (χ4n) is 4.68. The first kappa shape index (κ1) is 19.3. The first-order valence-corrected chi connectivity index (χ1v) is 9.73. The molecule has 0 saturated heterocycles. The molecule has 2 atom stereocenters. The molecule has 28 heavy (non-hydrogen) atoms. The van der Waals surface area contributed by atoms with Gasteiger partial charge in [0.2, 0.25) is 5.28 Å². The smallest absolute Gasteiger partial charge is 0.433 e. The number of rotatable bonds is 4. The Morgan fingerprint density at radius 3 is 2.61 bits per heavy atom. The molecule has 0 spiro atoms. The van der Waals surface area contributed by atoms with Crippen molar-refractivity contribution in [1.29, 1.82) is 0 Å². The summed E-state index contributed by atoms with van der Waals surface area (Å²) < 4.78 is 45.7. The summed E-state index contributed by atoms with van der Waals surface area (Å²) in [5.41, 5.74) is -0.761. The molecule has 3 fully saturated rings. The molecule has 3 aliphatic rings. The van der Waals surface area contributed by atoms with E-state index in [1.165, 1.54) is 6.07 Å². The zero-order valence-corrected chi connectivity index (χ0v) is 15.9. The van der Waals surface area contributed by atoms with E-state index in [0.29, 0.717) is 0 Å². The van der Waals surface area contributed by atoms with Crippen molar-refractivity contribution in [3.8, 4) is 0 Å². The Kier molecular flexibility index (Phi) is 4.89. The topological polar surface area (TPSA) is 68.5 Å². The highest BCUT2D eigenvalue weighted by molar-refractivity contribution is 6.28. The van der Waals surface area contributed by atoms with E-state index in [-0.39, 0.29) is 53.0 Å². The Bertz CT molecular complexity index is 893. The molecule has 3 saturated carbocycles. The van der Waals surface area contributed by atoms with Crippen molar-refractivity contribution in [2.24, 2.45) is 17.8 Å². The quantitative estimate of drug-likeness (QED) is 0.757. The minimum Gasteiger partial charge on any atom is -0.466 e. The second-order valence-corrected chi connectivity index (χ2v) is 7.70. The third-order valence-electron chi connectivity index (χ3n) is 5.86. The van der Waals surface area contributed by atoms with Crippen LogP contribution in [0.25, 0.3) is 5.52 Å². The van der Waals surface area contributed by atoms with Crippen molar-refractivity contribution in [3.63, 3.8) is 0 Å². The summed E-state index contributed by atoms with van der Waals surface area (Å²) in [5.74, 6) is 0.00946. The van der Waals surface area contributed by atoms with Gasteiger partial charge < -0.3 is 10.1 Å². The van der Waals surface area contributed by atoms with E-state index in [1.54, 1.807) is 6.92 Å². The predicted molar refractivity (Wildman–Crippen MR) is 96.0 cm³/mol. The van der Waals surface area contributed by atoms with E-state index < -0.39 is 11.9 Å². The Labute approximate surface area is 164 Å². The van der Waals surface area contributed by atoms with Gasteiger partial charge in [0, 0.05) is 6.04 Å². The second-order valence-electron chi connectivity index (χ2n) is 7.37. The van der Waals surface area contributed by atoms with Gasteiger partial charge in [-0.05, 0) is 68.2 Å². The number of hydrogen-bond donors (Lipinski definition) is 1. The molecule has 0 radical (unpaired) electrons. The molecular formula is C18H20ClF3N4O2. The van der Waals surface area contributed by atoms with E-state index in [2.05, 4.69) is 15.4 Å². The van der Waals surface area contributed by atoms with Gasteiger partial charge in [-0.25, -0.2) is 4.52 Å². The van der Waals surface area contributed by atoms with Crippen LogP contribution in [0.15, 0.2) is 12.1 Å². The normalized spacial score (nSPS) is 27.2. The highest BCUT2D eigenvalue weighted by Crippen LogP contribution is 2.47. The van der Waals surface area contributed by atoms with Crippen molar-refractivity contribution in [1.82, 2.24) is 14.6 Å². The molecule has 0 unspecified atom stereocenters. The fourth-order valence-corrected chi connectivity index (χ4v) is 4.84. The molecule has 0 amide bonds. The van der Waals surface area contributed by atoms with Crippen LogP contribution in [-0.4, -0.2) is 33.2 Å². The lowest BCUT2D eigenvalue weighted by molar-refractivity contribution is -0.154. The largest absolute Gasteiger partial charge is 0.466 e. The van der Waals surface area contributed by atoms with Crippen LogP contribution in [-0.2, 0) is 15.7 Å². The molecule has 3 aliphatic carbocycles. The summed E-state index contributed by atoms with van der Waals surface area (Å²) in [4.78, 5) is 16.7. The number of alkyl halides is 3. The maximum absolute atomic E-state index is 13.2. The van der Waals surface area contributed by atoms with Gasteiger partial charge >= 0.3 is 12.1 Å². The van der Waals surface area contributed by atoms with Gasteiger partial charge in [0.1, 0.15) is 11.2 Å². The van der Waals surface area contributed by atoms with Crippen molar-refractivity contribution in [2.75, 3.05) is 11.9 Å². The standard InChI is InChI=1S/C18H20ClF3N4O2/c1-2-28-16(27)13-9-3-5-10(6-4-9)14(13)23-15-11-7-8-12(18(20,21)22)26(11)25-17(19)24-15/h7-10,13-14H,2-6H2,1H3,(H,23,24,25)/t9?,10?,13-,14-/m0/s1. The van der Waals surface area contributed by atoms with Crippen molar-refractivity contribution >= 4 is 28.9 Å². The second kappa shape index (κ2) is 7.09. The number of nitrogens with zero attached hydrogens (tertiary/aromatic N) is 3. The van der Waals surface area contributed by atoms with Crippen LogP contribution in [0.3, 0.4) is 0 Å². The van der Waals surface area contributed by atoms with Crippen molar-refractivity contribution in [3.05, 3.63) is 23.1 Å². The number of halogens is 4. The Morgan fingerprint density at radius 2 is 1.96 bits per heavy atom. The Morgan fingerprint density at radius 1 is 1.29 bits per heavy atom. The van der Waals surface area contributed by atoms with E-state index in [1.807, 2.05) is 0 Å². The zero-order valence-electron chi connectivity index (χ0n) is 15.2. The summed E-state index contributed by atoms with van der Waals surface area (Å²) in [6, 6.07) is 1.99. The summed E-state index contributed by atoms with van der Waals surface area (Å²) >= 11 is 5.91. The third-order valence-corrected chi connectivity index (χ3v) is 6.02. The molecule has 2 bridgehead atoms. The number of fused-ring (bicyclic) bond motifs is 4. The van der Waals surface area contributed by atoms with E-state index in [9.17, 15) is 18.0 Å². The van der Waals surface area contributed by atoms with Gasteiger partial charge in [-0.15, -0.1) is 5.10 Å². The van der Waals surface area contributed by atoms with Gasteiger partial charge in [-0.3, -0.25) is 4.79 Å². The van der Waals surface area contributed by atoms with Gasteiger partial charge in [0.15, 0.2) is 5.82 Å². The lowest BCUT2D eigenvalue weighted by Crippen LogP contribution is -2.52. The number of carbonyl (C=O) groups is 1. The minimum atomic E-state index is -4.57. The number of nitrogens with one attached hydrogen (secondary N) is 1. The summed E-state index contributed by atoms with van der Waals surface area (Å²) in [6.45, 7) is 2.05. The fraction of sp³-hybridized carbons (Fsp3) is 0.611. The number of hydrogen-bond acceptors (Lipinski definition) is 5. The van der Waals surface area contributed by atoms with Crippen LogP contribution in [0.1, 0.15) is 38.3 Å². The molecule has 5 rings (SSSR count). The van der Waals surface area contributed by atoms with E-state index in [0.717, 1.165) is 36.3 Å². The van der Waals surface area contributed by atoms with Gasteiger partial charge in [-0.1, -0.05) is 0 Å². The SMILES string of the molecule is CCOC(=O)[C@H]1C2CCC(CC2)[C@@H]1Nc1nc(Cl)nn2c(C(F)(F)F)ccc12. The number of esters is 1. The van der Waals surface area contributed by atoms with E-state index in [4.69, 9.17) is 16.3 Å². The van der Waals surface area contributed by atoms with Crippen molar-refractivity contribution in [2.45, 2.75) is 44.8 Å². The molecule has 152 valence electrons. The van der Waals surface area contributed by atoms with Gasteiger partial charge in [0.05, 0.1) is 12.5 Å². The maximum Gasteiger partial charge on any atom is 0.433 e. The maximum atomic E-state index is 13.2. The molecule has 10 heteroatoms. The number of carbonyl (C=O) groups excluding carboxylic acids is 1. The average molecular weight is 417 g/mol. The van der Waals surface area contributed by atoms with Crippen molar-refractivity contribution < 1.29 is 22.7 Å². The molecule has 2 heterocycles. The summed E-state index contributed by atoms with van der Waals surface area (Å²) in [6.07, 6.45) is -0.742. The third kappa shape index (κ3) is 3.29. The first-order valence-electron chi connectivity index (χ1n) is 9.35. The van der Waals surface area contributed by atoms with E-state index >= 15 is 0 Å². The van der Waals surface area contributed by atoms with Crippen LogP contribution in [0.4, 0.5) is 19.0 Å². The number of ether oxygens (including phenoxy) is 1. The molecule has 0 aromatic carbocycles. The Hall–Kier alpha value is -2.03. The minimum absolute atomic E-state index is 0.167. The molecule has 6 nitrogen and oxygen atoms in total. The van der Waals surface area contributed by atoms with Crippen LogP contribution in [0.5, 0.6) is 0 Å². The number of anilines is 1. The highest BCUT2D eigenvalue weighted by atomic mass is 35.5. The monoisotopic (exact) mass is 416 g/mol. The molecular weight excluding hydrogens is 397 g/mol. The highest BCUT2D eigenvalue weighted by Gasteiger charge is 2.48. The Balaban J connectivity index is 1.72. The van der Waals surface area contributed by atoms with Gasteiger partial charge in [-0.2, -0.15) is 18.2 Å². The van der Waals surface area contributed by atoms with Crippen LogP contribution >= 0.6 is 11.6 Å². The van der Waals surface area contributed by atoms with Crippen LogP contribution in [0.2, 0.25) is 5.28 Å². The summed E-state index contributed by atoms with van der Waals surface area (Å²) in [7, 11) is 0.